The van der Waals surface area contributed by atoms with Gasteiger partial charge in [0.05, 0.1) is 6.61 Å². The minimum absolute atomic E-state index is 0.190. The molecule has 0 saturated heterocycles. The maximum absolute atomic E-state index is 14.3. The molecule has 186 valence electrons. The summed E-state index contributed by atoms with van der Waals surface area (Å²) in [5.41, 5.74) is 5.37. The van der Waals surface area contributed by atoms with Crippen molar-refractivity contribution in [2.45, 2.75) is 40.2 Å². The van der Waals surface area contributed by atoms with Crippen molar-refractivity contribution in [1.82, 2.24) is 0 Å². The normalized spacial score (nSPS) is 10.9. The van der Waals surface area contributed by atoms with Crippen LogP contribution in [0.3, 0.4) is 0 Å². The molecule has 0 aliphatic rings. The van der Waals surface area contributed by atoms with Crippen LogP contribution in [0.2, 0.25) is 0 Å². The SMILES string of the molecule is CCOCCOc1cc(C)c(-c2cccc(CNc3cc(F)c(CCC(=O)O)c(F)c3)c2)c(C)c1. The molecule has 0 atom stereocenters. The highest BCUT2D eigenvalue weighted by molar-refractivity contribution is 5.72. The van der Waals surface area contributed by atoms with Crippen molar-refractivity contribution < 1.29 is 28.2 Å². The number of aryl methyl sites for hydroxylation is 2. The number of hydrogen-bond acceptors (Lipinski definition) is 4. The molecule has 0 aromatic heterocycles. The van der Waals surface area contributed by atoms with Gasteiger partial charge in [-0.1, -0.05) is 18.2 Å². The fraction of sp³-hybridized carbons (Fsp3) is 0.321. The standard InChI is InChI=1S/C28H31F2NO4/c1-4-34-10-11-35-23-12-18(2)28(19(3)13-23)21-7-5-6-20(14-21)17-31-22-15-25(29)24(26(30)16-22)8-9-27(32)33/h5-7,12-16,31H,4,8-11,17H2,1-3H3,(H,32,33). The average molecular weight is 484 g/mol. The summed E-state index contributed by atoms with van der Waals surface area (Å²) in [4.78, 5) is 10.7. The number of ether oxygens (including phenoxy) is 2. The van der Waals surface area contributed by atoms with Crippen molar-refractivity contribution in [3.05, 3.63) is 82.4 Å². The van der Waals surface area contributed by atoms with Crippen LogP contribution in [-0.4, -0.2) is 30.9 Å². The number of hydrogen-bond donors (Lipinski definition) is 2. The van der Waals surface area contributed by atoms with Crippen molar-refractivity contribution in [2.75, 3.05) is 25.1 Å². The van der Waals surface area contributed by atoms with Crippen molar-refractivity contribution in [3.63, 3.8) is 0 Å². The number of benzene rings is 3. The van der Waals surface area contributed by atoms with E-state index in [4.69, 9.17) is 14.6 Å². The minimum Gasteiger partial charge on any atom is -0.491 e. The van der Waals surface area contributed by atoms with E-state index in [1.165, 1.54) is 12.1 Å². The predicted octanol–water partition coefficient (Wildman–Crippen LogP) is 6.29. The Morgan fingerprint density at radius 2 is 1.69 bits per heavy atom. The molecule has 0 unspecified atom stereocenters. The molecule has 0 radical (unpaired) electrons. The van der Waals surface area contributed by atoms with E-state index in [1.54, 1.807) is 0 Å². The Balaban J connectivity index is 1.71. The number of carbonyl (C=O) groups is 1. The number of rotatable bonds is 12. The van der Waals surface area contributed by atoms with E-state index in [0.717, 1.165) is 33.6 Å². The Morgan fingerprint density at radius 3 is 2.31 bits per heavy atom. The van der Waals surface area contributed by atoms with E-state index in [0.29, 0.717) is 32.1 Å². The Labute approximate surface area is 204 Å². The first-order valence-electron chi connectivity index (χ1n) is 11.6. The van der Waals surface area contributed by atoms with Gasteiger partial charge in [0, 0.05) is 30.8 Å². The van der Waals surface area contributed by atoms with Crippen LogP contribution >= 0.6 is 0 Å². The Hall–Kier alpha value is -3.45. The third-order valence-corrected chi connectivity index (χ3v) is 5.65. The van der Waals surface area contributed by atoms with Gasteiger partial charge < -0.3 is 19.9 Å². The molecule has 0 saturated carbocycles. The van der Waals surface area contributed by atoms with E-state index in [1.807, 2.05) is 57.2 Å². The maximum atomic E-state index is 14.3. The highest BCUT2D eigenvalue weighted by Crippen LogP contribution is 2.32. The molecule has 2 N–H and O–H groups in total. The molecule has 0 aliphatic carbocycles. The smallest absolute Gasteiger partial charge is 0.303 e. The Bertz CT molecular complexity index is 1130. The van der Waals surface area contributed by atoms with Gasteiger partial charge >= 0.3 is 5.97 Å². The van der Waals surface area contributed by atoms with Gasteiger partial charge in [-0.2, -0.15) is 0 Å². The summed E-state index contributed by atoms with van der Waals surface area (Å²) < 4.78 is 39.8. The quantitative estimate of drug-likeness (QED) is 0.296. The van der Waals surface area contributed by atoms with Crippen molar-refractivity contribution in [3.8, 4) is 16.9 Å². The molecule has 0 fully saturated rings. The first-order chi connectivity index (χ1) is 16.8. The Morgan fingerprint density at radius 1 is 1.00 bits per heavy atom. The number of halogens is 2. The van der Waals surface area contributed by atoms with Gasteiger partial charge in [0.25, 0.3) is 0 Å². The maximum Gasteiger partial charge on any atom is 0.303 e. The third kappa shape index (κ3) is 7.26. The van der Waals surface area contributed by atoms with Gasteiger partial charge in [0.1, 0.15) is 24.0 Å². The summed E-state index contributed by atoms with van der Waals surface area (Å²) in [5, 5.41) is 11.8. The third-order valence-electron chi connectivity index (χ3n) is 5.65. The molecule has 35 heavy (non-hydrogen) atoms. The van der Waals surface area contributed by atoms with E-state index < -0.39 is 17.6 Å². The number of nitrogens with one attached hydrogen (secondary N) is 1. The molecule has 0 bridgehead atoms. The van der Waals surface area contributed by atoms with Crippen LogP contribution in [0.15, 0.2) is 48.5 Å². The number of carboxylic acids is 1. The van der Waals surface area contributed by atoms with Gasteiger partial charge in [-0.15, -0.1) is 0 Å². The zero-order valence-electron chi connectivity index (χ0n) is 20.3. The average Bonchev–Trinajstić information content (AvgIpc) is 2.80. The van der Waals surface area contributed by atoms with Crippen LogP contribution in [0, 0.1) is 25.5 Å². The van der Waals surface area contributed by atoms with E-state index in [9.17, 15) is 13.6 Å². The van der Waals surface area contributed by atoms with E-state index >= 15 is 0 Å². The first kappa shape index (κ1) is 26.2. The number of anilines is 1. The van der Waals surface area contributed by atoms with Gasteiger partial charge in [-0.25, -0.2) is 8.78 Å². The summed E-state index contributed by atoms with van der Waals surface area (Å²) in [5.74, 6) is -1.80. The summed E-state index contributed by atoms with van der Waals surface area (Å²) in [7, 11) is 0. The summed E-state index contributed by atoms with van der Waals surface area (Å²) in [6.45, 7) is 8.11. The fourth-order valence-corrected chi connectivity index (χ4v) is 4.04. The van der Waals surface area contributed by atoms with Crippen molar-refractivity contribution in [1.29, 1.82) is 0 Å². The number of aliphatic carboxylic acids is 1. The van der Waals surface area contributed by atoms with Crippen LogP contribution in [0.4, 0.5) is 14.5 Å². The zero-order valence-corrected chi connectivity index (χ0v) is 20.3. The lowest BCUT2D eigenvalue weighted by molar-refractivity contribution is -0.136. The molecule has 0 spiro atoms. The fourth-order valence-electron chi connectivity index (χ4n) is 4.04. The van der Waals surface area contributed by atoms with Gasteiger partial charge in [0.2, 0.25) is 0 Å². The second kappa shape index (κ2) is 12.3. The molecule has 3 rings (SSSR count). The first-order valence-corrected chi connectivity index (χ1v) is 11.6. The van der Waals surface area contributed by atoms with Gasteiger partial charge in [-0.3, -0.25) is 4.79 Å². The van der Waals surface area contributed by atoms with Crippen molar-refractivity contribution in [2.24, 2.45) is 0 Å². The topological polar surface area (TPSA) is 67.8 Å². The van der Waals surface area contributed by atoms with Crippen LogP contribution in [0.5, 0.6) is 5.75 Å². The molecule has 0 heterocycles. The lowest BCUT2D eigenvalue weighted by Crippen LogP contribution is -2.06. The van der Waals surface area contributed by atoms with Crippen LogP contribution in [0.25, 0.3) is 11.1 Å². The largest absolute Gasteiger partial charge is 0.491 e. The van der Waals surface area contributed by atoms with E-state index in [-0.39, 0.29) is 18.4 Å². The van der Waals surface area contributed by atoms with Gasteiger partial charge in [-0.05, 0) is 85.3 Å². The second-order valence-electron chi connectivity index (χ2n) is 8.34. The Kier molecular flexibility index (Phi) is 9.20. The lowest BCUT2D eigenvalue weighted by atomic mass is 9.94. The summed E-state index contributed by atoms with van der Waals surface area (Å²) in [6, 6.07) is 14.4. The second-order valence-corrected chi connectivity index (χ2v) is 8.34. The number of carboxylic acid groups (broad SMARTS) is 1. The zero-order chi connectivity index (χ0) is 25.4. The molecule has 3 aromatic rings. The van der Waals surface area contributed by atoms with Crippen LogP contribution in [-0.2, 0) is 22.5 Å². The monoisotopic (exact) mass is 483 g/mol. The highest BCUT2D eigenvalue weighted by Gasteiger charge is 2.13. The molecular formula is C28H31F2NO4. The predicted molar refractivity (Wildman–Crippen MR) is 133 cm³/mol. The summed E-state index contributed by atoms with van der Waals surface area (Å²) in [6.07, 6.45) is -0.517. The van der Waals surface area contributed by atoms with E-state index in [2.05, 4.69) is 5.32 Å². The molecule has 7 heteroatoms. The van der Waals surface area contributed by atoms with Crippen LogP contribution in [0.1, 0.15) is 35.6 Å². The van der Waals surface area contributed by atoms with Crippen molar-refractivity contribution >= 4 is 11.7 Å². The molecule has 5 nitrogen and oxygen atoms in total. The van der Waals surface area contributed by atoms with Crippen LogP contribution < -0.4 is 10.1 Å². The highest BCUT2D eigenvalue weighted by atomic mass is 19.1. The lowest BCUT2D eigenvalue weighted by Gasteiger charge is -2.15. The molecular weight excluding hydrogens is 452 g/mol. The minimum atomic E-state index is -1.10. The van der Waals surface area contributed by atoms with Gasteiger partial charge in [0.15, 0.2) is 0 Å². The molecule has 0 amide bonds. The molecule has 3 aromatic carbocycles. The summed E-state index contributed by atoms with van der Waals surface area (Å²) >= 11 is 0. The molecule has 0 aliphatic heterocycles.